The van der Waals surface area contributed by atoms with Gasteiger partial charge in [-0.15, -0.1) is 10.2 Å². The number of thioether (sulfide) groups is 1. The van der Waals surface area contributed by atoms with E-state index in [0.29, 0.717) is 17.7 Å². The smallest absolute Gasteiger partial charge is 0.230 e. The van der Waals surface area contributed by atoms with Crippen LogP contribution in [0.2, 0.25) is 0 Å². The summed E-state index contributed by atoms with van der Waals surface area (Å²) < 4.78 is 7.41. The van der Waals surface area contributed by atoms with Crippen molar-refractivity contribution in [2.45, 2.75) is 50.4 Å². The SMILES string of the molecule is C[C@H]1CCCC[C@@H]1NC(=O)CSc1nnc(C[NH+]2CCOCC2)n1C. The summed E-state index contributed by atoms with van der Waals surface area (Å²) in [6.07, 6.45) is 4.83. The van der Waals surface area contributed by atoms with Crippen molar-refractivity contribution in [2.75, 3.05) is 32.1 Å². The second-order valence-corrected chi connectivity index (χ2v) is 8.16. The van der Waals surface area contributed by atoms with Gasteiger partial charge in [0.15, 0.2) is 11.0 Å². The molecule has 1 aromatic rings. The van der Waals surface area contributed by atoms with Crippen LogP contribution in [0.4, 0.5) is 0 Å². The lowest BCUT2D eigenvalue weighted by atomic mass is 9.86. The van der Waals surface area contributed by atoms with Gasteiger partial charge in [-0.05, 0) is 18.8 Å². The Morgan fingerprint density at radius 1 is 1.32 bits per heavy atom. The molecule has 0 bridgehead atoms. The molecule has 1 saturated heterocycles. The molecule has 2 N–H and O–H groups in total. The van der Waals surface area contributed by atoms with Crippen molar-refractivity contribution >= 4 is 17.7 Å². The highest BCUT2D eigenvalue weighted by atomic mass is 32.2. The number of morpholine rings is 1. The van der Waals surface area contributed by atoms with Crippen molar-refractivity contribution in [1.29, 1.82) is 0 Å². The van der Waals surface area contributed by atoms with Crippen LogP contribution in [-0.2, 0) is 23.1 Å². The first-order valence-corrected chi connectivity index (χ1v) is 10.3. The fourth-order valence-electron chi connectivity index (χ4n) is 3.59. The van der Waals surface area contributed by atoms with Crippen molar-refractivity contribution < 1.29 is 14.4 Å². The summed E-state index contributed by atoms with van der Waals surface area (Å²) in [7, 11) is 1.98. The fourth-order valence-corrected chi connectivity index (χ4v) is 4.34. The van der Waals surface area contributed by atoms with Crippen LogP contribution >= 0.6 is 11.8 Å². The normalized spacial score (nSPS) is 25.0. The Bertz CT molecular complexity index is 573. The molecule has 2 aliphatic rings. The lowest BCUT2D eigenvalue weighted by Crippen LogP contribution is -3.12. The van der Waals surface area contributed by atoms with Gasteiger partial charge in [-0.2, -0.15) is 0 Å². The Kier molecular flexibility index (Phi) is 6.72. The highest BCUT2D eigenvalue weighted by molar-refractivity contribution is 7.99. The molecule has 1 aliphatic heterocycles. The molecular formula is C17H30N5O2S+. The number of carbonyl (C=O) groups excluding carboxylic acids is 1. The predicted octanol–water partition coefficient (Wildman–Crippen LogP) is 0.0172. The summed E-state index contributed by atoms with van der Waals surface area (Å²) >= 11 is 1.47. The van der Waals surface area contributed by atoms with Crippen LogP contribution in [0.3, 0.4) is 0 Å². The third kappa shape index (κ3) is 5.18. The zero-order valence-electron chi connectivity index (χ0n) is 15.3. The van der Waals surface area contributed by atoms with Crippen LogP contribution in [0, 0.1) is 5.92 Å². The molecule has 1 saturated carbocycles. The molecule has 0 spiro atoms. The fraction of sp³-hybridized carbons (Fsp3) is 0.824. The van der Waals surface area contributed by atoms with Crippen LogP contribution in [0.25, 0.3) is 0 Å². The van der Waals surface area contributed by atoms with Crippen molar-refractivity contribution in [3.8, 4) is 0 Å². The van der Waals surface area contributed by atoms with Crippen LogP contribution < -0.4 is 10.2 Å². The van der Waals surface area contributed by atoms with Crippen molar-refractivity contribution in [1.82, 2.24) is 20.1 Å². The van der Waals surface area contributed by atoms with E-state index in [1.165, 1.54) is 35.9 Å². The molecular weight excluding hydrogens is 338 g/mol. The minimum absolute atomic E-state index is 0.104. The summed E-state index contributed by atoms with van der Waals surface area (Å²) in [6.45, 7) is 6.75. The number of nitrogens with zero attached hydrogens (tertiary/aromatic N) is 3. The number of ether oxygens (including phenoxy) is 1. The third-order valence-corrected chi connectivity index (χ3v) is 6.34. The number of carbonyl (C=O) groups is 1. The van der Waals surface area contributed by atoms with E-state index in [0.717, 1.165) is 50.2 Å². The molecule has 7 nitrogen and oxygen atoms in total. The molecule has 0 radical (unpaired) electrons. The molecule has 2 fully saturated rings. The van der Waals surface area contributed by atoms with E-state index in [9.17, 15) is 4.79 Å². The highest BCUT2D eigenvalue weighted by Gasteiger charge is 2.23. The number of quaternary nitrogens is 1. The molecule has 140 valence electrons. The van der Waals surface area contributed by atoms with E-state index in [1.54, 1.807) is 0 Å². The van der Waals surface area contributed by atoms with Crippen molar-refractivity contribution in [2.24, 2.45) is 13.0 Å². The summed E-state index contributed by atoms with van der Waals surface area (Å²) in [5.41, 5.74) is 0. The molecule has 2 heterocycles. The second kappa shape index (κ2) is 9.00. The van der Waals surface area contributed by atoms with E-state index < -0.39 is 0 Å². The molecule has 3 rings (SSSR count). The van der Waals surface area contributed by atoms with Gasteiger partial charge < -0.3 is 19.5 Å². The zero-order chi connectivity index (χ0) is 17.6. The molecule has 0 unspecified atom stereocenters. The first-order valence-electron chi connectivity index (χ1n) is 9.35. The number of amides is 1. The van der Waals surface area contributed by atoms with E-state index in [1.807, 2.05) is 11.6 Å². The van der Waals surface area contributed by atoms with Crippen LogP contribution in [0.15, 0.2) is 5.16 Å². The highest BCUT2D eigenvalue weighted by Crippen LogP contribution is 2.24. The quantitative estimate of drug-likeness (QED) is 0.693. The number of nitrogens with one attached hydrogen (secondary N) is 2. The van der Waals surface area contributed by atoms with Gasteiger partial charge in [-0.25, -0.2) is 0 Å². The molecule has 8 heteroatoms. The Balaban J connectivity index is 1.47. The maximum Gasteiger partial charge on any atom is 0.230 e. The molecule has 2 atom stereocenters. The topological polar surface area (TPSA) is 73.5 Å². The van der Waals surface area contributed by atoms with E-state index >= 15 is 0 Å². The molecule has 25 heavy (non-hydrogen) atoms. The van der Waals surface area contributed by atoms with E-state index in [2.05, 4.69) is 22.4 Å². The summed E-state index contributed by atoms with van der Waals surface area (Å²) in [5, 5.41) is 12.6. The first-order chi connectivity index (χ1) is 12.1. The maximum atomic E-state index is 12.3. The van der Waals surface area contributed by atoms with Crippen LogP contribution in [0.5, 0.6) is 0 Å². The Morgan fingerprint density at radius 3 is 2.84 bits per heavy atom. The van der Waals surface area contributed by atoms with E-state index in [4.69, 9.17) is 4.74 Å². The Labute approximate surface area is 153 Å². The molecule has 0 aromatic carbocycles. The van der Waals surface area contributed by atoms with Gasteiger partial charge in [0.2, 0.25) is 5.91 Å². The van der Waals surface area contributed by atoms with Crippen molar-refractivity contribution in [3.05, 3.63) is 5.82 Å². The molecule has 1 amide bonds. The molecule has 1 aliphatic carbocycles. The summed E-state index contributed by atoms with van der Waals surface area (Å²) in [4.78, 5) is 13.7. The van der Waals surface area contributed by atoms with Gasteiger partial charge in [0.25, 0.3) is 0 Å². The minimum atomic E-state index is 0.104. The second-order valence-electron chi connectivity index (χ2n) is 7.22. The largest absolute Gasteiger partial charge is 0.370 e. The van der Waals surface area contributed by atoms with Gasteiger partial charge >= 0.3 is 0 Å². The van der Waals surface area contributed by atoms with Crippen LogP contribution in [-0.4, -0.2) is 58.8 Å². The number of hydrogen-bond acceptors (Lipinski definition) is 5. The number of hydrogen-bond donors (Lipinski definition) is 2. The average molecular weight is 369 g/mol. The monoisotopic (exact) mass is 368 g/mol. The lowest BCUT2D eigenvalue weighted by molar-refractivity contribution is -0.922. The minimum Gasteiger partial charge on any atom is -0.370 e. The van der Waals surface area contributed by atoms with E-state index in [-0.39, 0.29) is 5.91 Å². The molecule has 1 aromatic heterocycles. The summed E-state index contributed by atoms with van der Waals surface area (Å²) in [6, 6.07) is 0.335. The number of rotatable bonds is 6. The number of aromatic nitrogens is 3. The zero-order valence-corrected chi connectivity index (χ0v) is 16.1. The van der Waals surface area contributed by atoms with Gasteiger partial charge in [0, 0.05) is 13.1 Å². The van der Waals surface area contributed by atoms with Gasteiger partial charge in [0.05, 0.1) is 19.0 Å². The van der Waals surface area contributed by atoms with Crippen molar-refractivity contribution in [3.63, 3.8) is 0 Å². The van der Waals surface area contributed by atoms with Crippen LogP contribution in [0.1, 0.15) is 38.4 Å². The summed E-state index contributed by atoms with van der Waals surface area (Å²) in [5.74, 6) is 2.06. The van der Waals surface area contributed by atoms with Gasteiger partial charge in [0.1, 0.15) is 19.6 Å². The Hall–Kier alpha value is -1.12. The van der Waals surface area contributed by atoms with Gasteiger partial charge in [-0.3, -0.25) is 4.79 Å². The standard InChI is InChI=1S/C17H29N5O2S/c1-13-5-3-4-6-14(13)18-16(23)12-25-17-20-19-15(21(17)2)11-22-7-9-24-10-8-22/h13-14H,3-12H2,1-2H3,(H,18,23)/p+1/t13-,14-/m0/s1. The lowest BCUT2D eigenvalue weighted by Gasteiger charge is -2.29. The van der Waals surface area contributed by atoms with Gasteiger partial charge in [-0.1, -0.05) is 31.5 Å². The Morgan fingerprint density at radius 2 is 2.08 bits per heavy atom. The average Bonchev–Trinajstić information content (AvgIpc) is 2.96. The predicted molar refractivity (Wildman–Crippen MR) is 96.5 cm³/mol. The third-order valence-electron chi connectivity index (χ3n) is 5.32. The first kappa shape index (κ1) is 18.7. The maximum absolute atomic E-state index is 12.3.